The number of aliphatic hydroxyl groups is 1. The first kappa shape index (κ1) is 9.13. The molecule has 0 bridgehead atoms. The highest BCUT2D eigenvalue weighted by Gasteiger charge is 2.10. The zero-order valence-corrected chi connectivity index (χ0v) is 6.72. The number of aliphatic hydroxyl groups excluding tert-OH is 1. The maximum Gasteiger partial charge on any atom is 0.126 e. The van der Waals surface area contributed by atoms with Crippen LogP contribution in [0.3, 0.4) is 0 Å². The Bertz CT molecular complexity index is 273. The molecule has 0 radical (unpaired) electrons. The van der Waals surface area contributed by atoms with Crippen LogP contribution in [0.2, 0.25) is 0 Å². The van der Waals surface area contributed by atoms with E-state index >= 15 is 0 Å². The van der Waals surface area contributed by atoms with Crippen molar-refractivity contribution in [1.82, 2.24) is 0 Å². The van der Waals surface area contributed by atoms with E-state index in [4.69, 9.17) is 5.11 Å². The van der Waals surface area contributed by atoms with Crippen molar-refractivity contribution in [3.8, 4) is 0 Å². The predicted octanol–water partition coefficient (Wildman–Crippen LogP) is 2.06. The lowest BCUT2D eigenvalue weighted by molar-refractivity contribution is 0.270. The average molecular weight is 172 g/mol. The summed E-state index contributed by atoms with van der Waals surface area (Å²) in [5.41, 5.74) is 0.220. The van der Waals surface area contributed by atoms with Crippen LogP contribution >= 0.6 is 0 Å². The molecule has 0 fully saturated rings. The third kappa shape index (κ3) is 1.80. The first-order chi connectivity index (χ1) is 5.65. The van der Waals surface area contributed by atoms with Crippen LogP contribution in [0.25, 0.3) is 0 Å². The van der Waals surface area contributed by atoms with Crippen LogP contribution in [-0.4, -0.2) is 11.7 Å². The molecule has 1 aromatic rings. The van der Waals surface area contributed by atoms with E-state index in [9.17, 15) is 8.78 Å². The molecule has 0 aliphatic rings. The summed E-state index contributed by atoms with van der Waals surface area (Å²) in [4.78, 5) is 0. The standard InChI is InChI=1S/C9H10F2O/c1-6(5-12)8-4-7(10)2-3-9(8)11/h2-4,6,12H,5H2,1H3/t6-/m1/s1. The molecule has 0 amide bonds. The lowest BCUT2D eigenvalue weighted by Crippen LogP contribution is -2.02. The van der Waals surface area contributed by atoms with Gasteiger partial charge in [-0.1, -0.05) is 6.92 Å². The Kier molecular flexibility index (Phi) is 2.76. The second-order valence-electron chi connectivity index (χ2n) is 2.75. The van der Waals surface area contributed by atoms with E-state index in [1.165, 1.54) is 0 Å². The van der Waals surface area contributed by atoms with Gasteiger partial charge in [0.2, 0.25) is 0 Å². The van der Waals surface area contributed by atoms with Crippen molar-refractivity contribution < 1.29 is 13.9 Å². The lowest BCUT2D eigenvalue weighted by atomic mass is 10.0. The molecule has 3 heteroatoms. The van der Waals surface area contributed by atoms with Crippen LogP contribution in [0.5, 0.6) is 0 Å². The monoisotopic (exact) mass is 172 g/mol. The molecular weight excluding hydrogens is 162 g/mol. The van der Waals surface area contributed by atoms with E-state index in [1.807, 2.05) is 0 Å². The maximum absolute atomic E-state index is 12.9. The molecule has 0 saturated heterocycles. The fourth-order valence-corrected chi connectivity index (χ4v) is 0.991. The molecule has 0 aromatic heterocycles. The fourth-order valence-electron chi connectivity index (χ4n) is 0.991. The summed E-state index contributed by atoms with van der Waals surface area (Å²) in [7, 11) is 0. The molecule has 0 aliphatic carbocycles. The minimum atomic E-state index is -0.480. The molecule has 12 heavy (non-hydrogen) atoms. The summed E-state index contributed by atoms with van der Waals surface area (Å²) in [6.45, 7) is 1.46. The van der Waals surface area contributed by atoms with Gasteiger partial charge in [-0.05, 0) is 23.8 Å². The van der Waals surface area contributed by atoms with Crippen molar-refractivity contribution in [3.63, 3.8) is 0 Å². The van der Waals surface area contributed by atoms with Gasteiger partial charge in [0.15, 0.2) is 0 Å². The van der Waals surface area contributed by atoms with Crippen molar-refractivity contribution >= 4 is 0 Å². The first-order valence-electron chi connectivity index (χ1n) is 3.71. The highest BCUT2D eigenvalue weighted by atomic mass is 19.1. The minimum absolute atomic E-state index is 0.180. The SMILES string of the molecule is C[C@H](CO)c1cc(F)ccc1F. The zero-order valence-electron chi connectivity index (χ0n) is 6.72. The van der Waals surface area contributed by atoms with E-state index < -0.39 is 11.6 Å². The molecule has 0 aliphatic heterocycles. The van der Waals surface area contributed by atoms with Crippen LogP contribution in [0, 0.1) is 11.6 Å². The molecular formula is C9H10F2O. The Morgan fingerprint density at radius 3 is 2.67 bits per heavy atom. The second-order valence-corrected chi connectivity index (χ2v) is 2.75. The third-order valence-corrected chi connectivity index (χ3v) is 1.76. The van der Waals surface area contributed by atoms with E-state index in [2.05, 4.69) is 0 Å². The van der Waals surface area contributed by atoms with E-state index in [0.717, 1.165) is 18.2 Å². The molecule has 0 unspecified atom stereocenters. The van der Waals surface area contributed by atoms with Gasteiger partial charge in [0, 0.05) is 12.5 Å². The Labute approximate surface area is 69.7 Å². The van der Waals surface area contributed by atoms with Crippen LogP contribution in [0.15, 0.2) is 18.2 Å². The Morgan fingerprint density at radius 2 is 2.08 bits per heavy atom. The third-order valence-electron chi connectivity index (χ3n) is 1.76. The van der Waals surface area contributed by atoms with E-state index in [-0.39, 0.29) is 18.1 Å². The van der Waals surface area contributed by atoms with Crippen LogP contribution in [-0.2, 0) is 0 Å². The number of hydrogen-bond donors (Lipinski definition) is 1. The van der Waals surface area contributed by atoms with Gasteiger partial charge in [0.25, 0.3) is 0 Å². The Hall–Kier alpha value is -0.960. The topological polar surface area (TPSA) is 20.2 Å². The summed E-state index contributed by atoms with van der Waals surface area (Å²) in [5.74, 6) is -1.31. The van der Waals surface area contributed by atoms with Gasteiger partial charge in [0.1, 0.15) is 11.6 Å². The fraction of sp³-hybridized carbons (Fsp3) is 0.333. The molecule has 1 N–H and O–H groups in total. The second kappa shape index (κ2) is 3.63. The average Bonchev–Trinajstić information content (AvgIpc) is 2.08. The Morgan fingerprint density at radius 1 is 1.42 bits per heavy atom. The van der Waals surface area contributed by atoms with Gasteiger partial charge < -0.3 is 5.11 Å². The summed E-state index contributed by atoms with van der Waals surface area (Å²) in [5, 5.41) is 8.71. The largest absolute Gasteiger partial charge is 0.396 e. The van der Waals surface area contributed by atoms with Crippen LogP contribution in [0.4, 0.5) is 8.78 Å². The quantitative estimate of drug-likeness (QED) is 0.723. The molecule has 1 atom stereocenters. The molecule has 0 spiro atoms. The molecule has 0 heterocycles. The van der Waals surface area contributed by atoms with Crippen LogP contribution < -0.4 is 0 Å². The highest BCUT2D eigenvalue weighted by Crippen LogP contribution is 2.19. The van der Waals surface area contributed by atoms with Gasteiger partial charge in [-0.3, -0.25) is 0 Å². The smallest absolute Gasteiger partial charge is 0.126 e. The van der Waals surface area contributed by atoms with Crippen molar-refractivity contribution in [2.45, 2.75) is 12.8 Å². The number of hydrogen-bond acceptors (Lipinski definition) is 1. The van der Waals surface area contributed by atoms with Crippen molar-refractivity contribution in [1.29, 1.82) is 0 Å². The number of rotatable bonds is 2. The molecule has 1 aromatic carbocycles. The summed E-state index contributed by atoms with van der Waals surface area (Å²) in [6, 6.07) is 3.23. The highest BCUT2D eigenvalue weighted by molar-refractivity contribution is 5.22. The number of benzene rings is 1. The van der Waals surface area contributed by atoms with Crippen molar-refractivity contribution in [2.24, 2.45) is 0 Å². The van der Waals surface area contributed by atoms with Crippen molar-refractivity contribution in [2.75, 3.05) is 6.61 Å². The zero-order chi connectivity index (χ0) is 9.14. The van der Waals surface area contributed by atoms with Gasteiger partial charge in [-0.15, -0.1) is 0 Å². The molecule has 0 saturated carbocycles. The van der Waals surface area contributed by atoms with E-state index in [1.54, 1.807) is 6.92 Å². The first-order valence-corrected chi connectivity index (χ1v) is 3.71. The summed E-state index contributed by atoms with van der Waals surface area (Å²) < 4.78 is 25.5. The molecule has 66 valence electrons. The van der Waals surface area contributed by atoms with Gasteiger partial charge in [-0.2, -0.15) is 0 Å². The minimum Gasteiger partial charge on any atom is -0.396 e. The molecule has 1 rings (SSSR count). The summed E-state index contributed by atoms with van der Waals surface area (Å²) in [6.07, 6.45) is 0. The van der Waals surface area contributed by atoms with Gasteiger partial charge >= 0.3 is 0 Å². The molecule has 1 nitrogen and oxygen atoms in total. The van der Waals surface area contributed by atoms with Crippen LogP contribution in [0.1, 0.15) is 18.4 Å². The van der Waals surface area contributed by atoms with E-state index in [0.29, 0.717) is 0 Å². The number of halogens is 2. The normalized spacial score (nSPS) is 13.0. The predicted molar refractivity (Wildman–Crippen MR) is 41.9 cm³/mol. The maximum atomic E-state index is 12.9. The van der Waals surface area contributed by atoms with Gasteiger partial charge in [-0.25, -0.2) is 8.78 Å². The van der Waals surface area contributed by atoms with Crippen molar-refractivity contribution in [3.05, 3.63) is 35.4 Å². The summed E-state index contributed by atoms with van der Waals surface area (Å²) >= 11 is 0. The lowest BCUT2D eigenvalue weighted by Gasteiger charge is -2.08. The Balaban J connectivity index is 3.04. The van der Waals surface area contributed by atoms with Gasteiger partial charge in [0.05, 0.1) is 0 Å².